The largest absolute Gasteiger partial charge is 0.381 e. The molecule has 2 heterocycles. The SMILES string of the molecule is CCCCc1noc(CN2c3ccccc3NCC2C)n1. The minimum atomic E-state index is 0.394. The van der Waals surface area contributed by atoms with Crippen LogP contribution in [-0.4, -0.2) is 22.7 Å². The van der Waals surface area contributed by atoms with Crippen LogP contribution >= 0.6 is 0 Å². The molecule has 1 atom stereocenters. The molecule has 1 aromatic heterocycles. The number of hydrogen-bond acceptors (Lipinski definition) is 5. The first kappa shape index (κ1) is 13.9. The van der Waals surface area contributed by atoms with Gasteiger partial charge in [0.2, 0.25) is 5.89 Å². The summed E-state index contributed by atoms with van der Waals surface area (Å²) in [6, 6.07) is 8.74. The summed E-state index contributed by atoms with van der Waals surface area (Å²) >= 11 is 0. The number of para-hydroxylation sites is 2. The lowest BCUT2D eigenvalue weighted by molar-refractivity contribution is 0.367. The third kappa shape index (κ3) is 3.01. The van der Waals surface area contributed by atoms with E-state index in [0.29, 0.717) is 18.5 Å². The molecule has 0 amide bonds. The first-order valence-corrected chi connectivity index (χ1v) is 7.69. The predicted molar refractivity (Wildman–Crippen MR) is 83.5 cm³/mol. The van der Waals surface area contributed by atoms with Crippen LogP contribution in [0.1, 0.15) is 38.4 Å². The van der Waals surface area contributed by atoms with Crippen LogP contribution in [0.4, 0.5) is 11.4 Å². The highest BCUT2D eigenvalue weighted by Gasteiger charge is 2.24. The Bertz CT molecular complexity index is 595. The van der Waals surface area contributed by atoms with Gasteiger partial charge >= 0.3 is 0 Å². The van der Waals surface area contributed by atoms with Gasteiger partial charge in [0.05, 0.1) is 17.9 Å². The van der Waals surface area contributed by atoms with Gasteiger partial charge in [-0.3, -0.25) is 0 Å². The number of anilines is 2. The summed E-state index contributed by atoms with van der Waals surface area (Å²) in [4.78, 5) is 6.83. The zero-order valence-electron chi connectivity index (χ0n) is 12.7. The van der Waals surface area contributed by atoms with E-state index in [1.54, 1.807) is 0 Å². The molecular formula is C16H22N4O. The molecule has 21 heavy (non-hydrogen) atoms. The second kappa shape index (κ2) is 6.16. The summed E-state index contributed by atoms with van der Waals surface area (Å²) in [5.41, 5.74) is 2.37. The van der Waals surface area contributed by atoms with Gasteiger partial charge in [0, 0.05) is 19.0 Å². The number of hydrogen-bond donors (Lipinski definition) is 1. The fourth-order valence-electron chi connectivity index (χ4n) is 2.66. The highest BCUT2D eigenvalue weighted by Crippen LogP contribution is 2.32. The second-order valence-corrected chi connectivity index (χ2v) is 5.58. The standard InChI is InChI=1S/C16H22N4O/c1-3-4-9-15-18-16(21-19-15)11-20-12(2)10-17-13-7-5-6-8-14(13)20/h5-8,12,17H,3-4,9-11H2,1-2H3. The Morgan fingerprint density at radius 1 is 1.38 bits per heavy atom. The molecule has 1 aliphatic rings. The van der Waals surface area contributed by atoms with Gasteiger partial charge in [-0.2, -0.15) is 4.98 Å². The van der Waals surface area contributed by atoms with Crippen LogP contribution in [-0.2, 0) is 13.0 Å². The molecule has 2 aromatic rings. The van der Waals surface area contributed by atoms with E-state index in [9.17, 15) is 0 Å². The van der Waals surface area contributed by atoms with Gasteiger partial charge < -0.3 is 14.7 Å². The summed E-state index contributed by atoms with van der Waals surface area (Å²) in [6.07, 6.45) is 3.14. The quantitative estimate of drug-likeness (QED) is 0.914. The van der Waals surface area contributed by atoms with Crippen molar-refractivity contribution in [2.75, 3.05) is 16.8 Å². The van der Waals surface area contributed by atoms with E-state index in [-0.39, 0.29) is 0 Å². The van der Waals surface area contributed by atoms with Crippen molar-refractivity contribution in [1.29, 1.82) is 0 Å². The molecule has 0 aliphatic carbocycles. The molecule has 0 radical (unpaired) electrons. The van der Waals surface area contributed by atoms with Crippen molar-refractivity contribution < 1.29 is 4.52 Å². The first-order valence-electron chi connectivity index (χ1n) is 7.69. The lowest BCUT2D eigenvalue weighted by Gasteiger charge is -2.36. The van der Waals surface area contributed by atoms with Gasteiger partial charge in [-0.1, -0.05) is 30.6 Å². The lowest BCUT2D eigenvalue weighted by Crippen LogP contribution is -2.41. The van der Waals surface area contributed by atoms with E-state index >= 15 is 0 Å². The van der Waals surface area contributed by atoms with Crippen molar-refractivity contribution in [3.05, 3.63) is 36.0 Å². The Labute approximate surface area is 125 Å². The van der Waals surface area contributed by atoms with Crippen LogP contribution in [0, 0.1) is 0 Å². The van der Waals surface area contributed by atoms with Crippen molar-refractivity contribution in [3.63, 3.8) is 0 Å². The van der Waals surface area contributed by atoms with E-state index in [4.69, 9.17) is 4.52 Å². The summed E-state index contributed by atoms with van der Waals surface area (Å²) < 4.78 is 5.40. The monoisotopic (exact) mass is 286 g/mol. The number of aryl methyl sites for hydroxylation is 1. The molecule has 1 aliphatic heterocycles. The van der Waals surface area contributed by atoms with Crippen LogP contribution in [0.3, 0.4) is 0 Å². The van der Waals surface area contributed by atoms with Crippen molar-refractivity contribution >= 4 is 11.4 Å². The van der Waals surface area contributed by atoms with Gasteiger partial charge in [0.15, 0.2) is 5.82 Å². The number of rotatable bonds is 5. The molecule has 0 saturated carbocycles. The zero-order valence-corrected chi connectivity index (χ0v) is 12.7. The third-order valence-electron chi connectivity index (χ3n) is 3.90. The normalized spacial score (nSPS) is 17.4. The number of nitrogens with one attached hydrogen (secondary N) is 1. The lowest BCUT2D eigenvalue weighted by atomic mass is 10.1. The highest BCUT2D eigenvalue weighted by atomic mass is 16.5. The molecule has 112 valence electrons. The second-order valence-electron chi connectivity index (χ2n) is 5.58. The first-order chi connectivity index (χ1) is 10.3. The van der Waals surface area contributed by atoms with Gasteiger partial charge in [-0.15, -0.1) is 0 Å². The van der Waals surface area contributed by atoms with Gasteiger partial charge in [0.1, 0.15) is 0 Å². The number of aromatic nitrogens is 2. The molecule has 1 N–H and O–H groups in total. The van der Waals surface area contributed by atoms with Crippen molar-refractivity contribution in [2.24, 2.45) is 0 Å². The minimum absolute atomic E-state index is 0.394. The molecule has 1 aromatic carbocycles. The number of fused-ring (bicyclic) bond motifs is 1. The summed E-state index contributed by atoms with van der Waals surface area (Å²) in [6.45, 7) is 5.96. The van der Waals surface area contributed by atoms with Gasteiger partial charge in [-0.25, -0.2) is 0 Å². The van der Waals surface area contributed by atoms with Gasteiger partial charge in [0.25, 0.3) is 0 Å². The minimum Gasteiger partial charge on any atom is -0.381 e. The van der Waals surface area contributed by atoms with Gasteiger partial charge in [-0.05, 0) is 25.5 Å². The van der Waals surface area contributed by atoms with Crippen LogP contribution in [0.2, 0.25) is 0 Å². The Morgan fingerprint density at radius 3 is 3.10 bits per heavy atom. The van der Waals surface area contributed by atoms with Crippen molar-refractivity contribution in [2.45, 2.75) is 45.7 Å². The Hall–Kier alpha value is -2.04. The Balaban J connectivity index is 1.76. The van der Waals surface area contributed by atoms with Crippen LogP contribution < -0.4 is 10.2 Å². The summed E-state index contributed by atoms with van der Waals surface area (Å²) in [7, 11) is 0. The Kier molecular flexibility index (Phi) is 4.08. The van der Waals surface area contributed by atoms with E-state index < -0.39 is 0 Å². The third-order valence-corrected chi connectivity index (χ3v) is 3.90. The number of nitrogens with zero attached hydrogens (tertiary/aromatic N) is 3. The fraction of sp³-hybridized carbons (Fsp3) is 0.500. The molecular weight excluding hydrogens is 264 g/mol. The molecule has 0 bridgehead atoms. The molecule has 5 heteroatoms. The average Bonchev–Trinajstić information content (AvgIpc) is 2.96. The molecule has 3 rings (SSSR count). The van der Waals surface area contributed by atoms with Crippen molar-refractivity contribution in [1.82, 2.24) is 10.1 Å². The van der Waals surface area contributed by atoms with E-state index in [1.807, 2.05) is 0 Å². The molecule has 0 saturated heterocycles. The maximum Gasteiger partial charge on any atom is 0.246 e. The number of unbranched alkanes of at least 4 members (excludes halogenated alkanes) is 1. The topological polar surface area (TPSA) is 54.2 Å². The van der Waals surface area contributed by atoms with E-state index in [0.717, 1.165) is 31.6 Å². The highest BCUT2D eigenvalue weighted by molar-refractivity contribution is 5.72. The van der Waals surface area contributed by atoms with Crippen LogP contribution in [0.25, 0.3) is 0 Å². The number of benzene rings is 1. The maximum atomic E-state index is 5.40. The summed E-state index contributed by atoms with van der Waals surface area (Å²) in [5.74, 6) is 1.52. The van der Waals surface area contributed by atoms with Crippen LogP contribution in [0.15, 0.2) is 28.8 Å². The summed E-state index contributed by atoms with van der Waals surface area (Å²) in [5, 5.41) is 7.52. The van der Waals surface area contributed by atoms with Crippen LogP contribution in [0.5, 0.6) is 0 Å². The average molecular weight is 286 g/mol. The maximum absolute atomic E-state index is 5.40. The smallest absolute Gasteiger partial charge is 0.246 e. The molecule has 1 unspecified atom stereocenters. The zero-order chi connectivity index (χ0) is 14.7. The molecule has 0 fully saturated rings. The molecule has 0 spiro atoms. The molecule has 5 nitrogen and oxygen atoms in total. The van der Waals surface area contributed by atoms with Crippen molar-refractivity contribution in [3.8, 4) is 0 Å². The fourth-order valence-corrected chi connectivity index (χ4v) is 2.66. The predicted octanol–water partition coefficient (Wildman–Crippen LogP) is 3.23. The van der Waals surface area contributed by atoms with E-state index in [1.165, 1.54) is 11.4 Å². The van der Waals surface area contributed by atoms with E-state index in [2.05, 4.69) is 58.5 Å². The Morgan fingerprint density at radius 2 is 2.24 bits per heavy atom.